The molecule has 0 spiro atoms. The Balaban J connectivity index is 2.41. The molecular formula is C13H12N2O6. The predicted molar refractivity (Wildman–Crippen MR) is 71.0 cm³/mol. The highest BCUT2D eigenvalue weighted by molar-refractivity contribution is 6.07. The minimum atomic E-state index is -1.22. The largest absolute Gasteiger partial charge is 0.493 e. The van der Waals surface area contributed by atoms with Crippen LogP contribution in [-0.2, 0) is 0 Å². The van der Waals surface area contributed by atoms with Gasteiger partial charge in [-0.3, -0.25) is 4.79 Å². The van der Waals surface area contributed by atoms with E-state index >= 15 is 0 Å². The first-order valence-corrected chi connectivity index (χ1v) is 5.78. The van der Waals surface area contributed by atoms with Gasteiger partial charge in [0.2, 0.25) is 0 Å². The van der Waals surface area contributed by atoms with E-state index in [2.05, 4.69) is 15.0 Å². The number of hydrogen-bond acceptors (Lipinski definition) is 6. The molecule has 0 aliphatic carbocycles. The first-order chi connectivity index (χ1) is 10.1. The summed E-state index contributed by atoms with van der Waals surface area (Å²) >= 11 is 0. The number of nitrogens with one attached hydrogen (secondary N) is 1. The number of carboxylic acid groups (broad SMARTS) is 1. The maximum Gasteiger partial charge on any atom is 0.337 e. The second-order valence-electron chi connectivity index (χ2n) is 3.90. The van der Waals surface area contributed by atoms with Gasteiger partial charge in [-0.1, -0.05) is 5.16 Å². The number of carbonyl (C=O) groups is 2. The molecule has 0 unspecified atom stereocenters. The van der Waals surface area contributed by atoms with Crippen molar-refractivity contribution in [3.05, 3.63) is 35.7 Å². The highest BCUT2D eigenvalue weighted by Gasteiger charge is 2.19. The molecule has 1 aromatic heterocycles. The van der Waals surface area contributed by atoms with Crippen LogP contribution in [0.1, 0.15) is 20.8 Å². The minimum absolute atomic E-state index is 0.0288. The molecule has 0 aliphatic heterocycles. The average molecular weight is 292 g/mol. The third kappa shape index (κ3) is 2.94. The molecule has 0 aliphatic rings. The van der Waals surface area contributed by atoms with Gasteiger partial charge in [-0.2, -0.15) is 0 Å². The number of methoxy groups -OCH3 is 2. The van der Waals surface area contributed by atoms with Crippen molar-refractivity contribution >= 4 is 17.6 Å². The van der Waals surface area contributed by atoms with Gasteiger partial charge in [0.15, 0.2) is 17.2 Å². The Labute approximate surface area is 119 Å². The zero-order valence-electron chi connectivity index (χ0n) is 11.2. The van der Waals surface area contributed by atoms with Gasteiger partial charge in [0.1, 0.15) is 6.26 Å². The number of ether oxygens (including phenoxy) is 2. The summed E-state index contributed by atoms with van der Waals surface area (Å²) in [6.45, 7) is 0. The summed E-state index contributed by atoms with van der Waals surface area (Å²) in [7, 11) is 2.79. The number of carbonyl (C=O) groups excluding carboxylic acids is 1. The van der Waals surface area contributed by atoms with Crippen LogP contribution in [0.15, 0.2) is 29.0 Å². The van der Waals surface area contributed by atoms with E-state index in [1.807, 2.05) is 0 Å². The van der Waals surface area contributed by atoms with E-state index in [1.54, 1.807) is 0 Å². The molecule has 21 heavy (non-hydrogen) atoms. The molecule has 8 heteroatoms. The summed E-state index contributed by atoms with van der Waals surface area (Å²) in [6, 6.07) is 3.98. The first-order valence-electron chi connectivity index (χ1n) is 5.78. The van der Waals surface area contributed by atoms with Crippen molar-refractivity contribution in [3.8, 4) is 11.5 Å². The van der Waals surface area contributed by atoms with Gasteiger partial charge in [-0.05, 0) is 0 Å². The van der Waals surface area contributed by atoms with Crippen LogP contribution in [0.4, 0.5) is 5.69 Å². The van der Waals surface area contributed by atoms with Crippen LogP contribution in [0.25, 0.3) is 0 Å². The van der Waals surface area contributed by atoms with Crippen LogP contribution in [0, 0.1) is 0 Å². The normalized spacial score (nSPS) is 10.0. The van der Waals surface area contributed by atoms with Gasteiger partial charge in [-0.25, -0.2) is 4.79 Å². The third-order valence-corrected chi connectivity index (χ3v) is 2.67. The van der Waals surface area contributed by atoms with Gasteiger partial charge in [0, 0.05) is 18.2 Å². The zero-order valence-corrected chi connectivity index (χ0v) is 11.2. The highest BCUT2D eigenvalue weighted by Crippen LogP contribution is 2.33. The van der Waals surface area contributed by atoms with Gasteiger partial charge in [0.05, 0.1) is 25.5 Å². The van der Waals surface area contributed by atoms with Crippen molar-refractivity contribution in [1.29, 1.82) is 0 Å². The van der Waals surface area contributed by atoms with Crippen molar-refractivity contribution in [3.63, 3.8) is 0 Å². The molecule has 110 valence electrons. The Morgan fingerprint density at radius 3 is 2.43 bits per heavy atom. The van der Waals surface area contributed by atoms with Gasteiger partial charge < -0.3 is 24.4 Å². The Bertz CT molecular complexity index is 666. The molecule has 0 saturated heterocycles. The molecule has 0 radical (unpaired) electrons. The number of aromatic nitrogens is 1. The molecular weight excluding hydrogens is 280 g/mol. The van der Waals surface area contributed by atoms with Crippen LogP contribution in [0.5, 0.6) is 11.5 Å². The molecule has 1 heterocycles. The van der Waals surface area contributed by atoms with E-state index in [9.17, 15) is 14.7 Å². The molecule has 2 N–H and O–H groups in total. The fourth-order valence-corrected chi connectivity index (χ4v) is 1.68. The molecule has 0 atom stereocenters. The predicted octanol–water partition coefficient (Wildman–Crippen LogP) is 1.64. The molecule has 0 saturated carbocycles. The molecule has 0 fully saturated rings. The summed E-state index contributed by atoms with van der Waals surface area (Å²) in [4.78, 5) is 23.2. The summed E-state index contributed by atoms with van der Waals surface area (Å²) in [6.07, 6.45) is 1.24. The third-order valence-electron chi connectivity index (χ3n) is 2.67. The Morgan fingerprint density at radius 2 is 1.90 bits per heavy atom. The lowest BCUT2D eigenvalue weighted by Gasteiger charge is -2.13. The van der Waals surface area contributed by atoms with Crippen LogP contribution in [0.2, 0.25) is 0 Å². The number of hydrogen-bond donors (Lipinski definition) is 2. The summed E-state index contributed by atoms with van der Waals surface area (Å²) < 4.78 is 14.7. The average Bonchev–Trinajstić information content (AvgIpc) is 3.00. The summed E-state index contributed by atoms with van der Waals surface area (Å²) in [5.41, 5.74) is -0.0428. The van der Waals surface area contributed by atoms with Crippen LogP contribution in [-0.4, -0.2) is 36.4 Å². The molecule has 1 aromatic carbocycles. The Hall–Kier alpha value is -3.03. The van der Waals surface area contributed by atoms with Crippen LogP contribution >= 0.6 is 0 Å². The summed E-state index contributed by atoms with van der Waals surface area (Å²) in [5.74, 6) is -1.28. The van der Waals surface area contributed by atoms with Gasteiger partial charge in [-0.15, -0.1) is 0 Å². The van der Waals surface area contributed by atoms with Crippen LogP contribution < -0.4 is 14.8 Å². The van der Waals surface area contributed by atoms with E-state index < -0.39 is 11.9 Å². The molecule has 1 amide bonds. The van der Waals surface area contributed by atoms with E-state index in [-0.39, 0.29) is 28.4 Å². The molecule has 2 rings (SSSR count). The number of aromatic carboxylic acids is 1. The topological polar surface area (TPSA) is 111 Å². The molecule has 0 bridgehead atoms. The Morgan fingerprint density at radius 1 is 1.24 bits per heavy atom. The highest BCUT2D eigenvalue weighted by atomic mass is 16.5. The number of benzene rings is 1. The number of amides is 1. The van der Waals surface area contributed by atoms with Crippen molar-refractivity contribution in [2.45, 2.75) is 0 Å². The van der Waals surface area contributed by atoms with E-state index in [0.717, 1.165) is 0 Å². The van der Waals surface area contributed by atoms with E-state index in [0.29, 0.717) is 0 Å². The second-order valence-corrected chi connectivity index (χ2v) is 3.90. The van der Waals surface area contributed by atoms with Crippen molar-refractivity contribution in [2.75, 3.05) is 19.5 Å². The second kappa shape index (κ2) is 5.95. The van der Waals surface area contributed by atoms with Crippen LogP contribution in [0.3, 0.4) is 0 Å². The van der Waals surface area contributed by atoms with E-state index in [4.69, 9.17) is 9.47 Å². The van der Waals surface area contributed by atoms with E-state index in [1.165, 1.54) is 38.7 Å². The fourth-order valence-electron chi connectivity index (χ4n) is 1.68. The van der Waals surface area contributed by atoms with Gasteiger partial charge >= 0.3 is 5.97 Å². The molecule has 8 nitrogen and oxygen atoms in total. The lowest BCUT2D eigenvalue weighted by Crippen LogP contribution is -2.15. The Kier molecular flexibility index (Phi) is 4.07. The fraction of sp³-hybridized carbons (Fsp3) is 0.154. The quantitative estimate of drug-likeness (QED) is 0.861. The SMILES string of the molecule is COc1cc(NC(=O)c2ccon2)c(C(=O)O)cc1OC. The minimum Gasteiger partial charge on any atom is -0.493 e. The number of rotatable bonds is 5. The zero-order chi connectivity index (χ0) is 15.4. The maximum absolute atomic E-state index is 11.9. The standard InChI is InChI=1S/C13H12N2O6/c1-19-10-5-7(13(17)18)9(6-11(10)20-2)14-12(16)8-3-4-21-15-8/h3-6H,1-2H3,(H,14,16)(H,17,18). The first kappa shape index (κ1) is 14.4. The van der Waals surface area contributed by atoms with Crippen molar-refractivity contribution in [2.24, 2.45) is 0 Å². The van der Waals surface area contributed by atoms with Crippen molar-refractivity contribution < 1.29 is 28.7 Å². The molecule has 2 aromatic rings. The smallest absolute Gasteiger partial charge is 0.337 e. The maximum atomic E-state index is 11.9. The number of carboxylic acids is 1. The van der Waals surface area contributed by atoms with Crippen molar-refractivity contribution in [1.82, 2.24) is 5.16 Å². The number of nitrogens with zero attached hydrogens (tertiary/aromatic N) is 1. The lowest BCUT2D eigenvalue weighted by molar-refractivity contribution is 0.0697. The van der Waals surface area contributed by atoms with Gasteiger partial charge in [0.25, 0.3) is 5.91 Å². The monoisotopic (exact) mass is 292 g/mol. The summed E-state index contributed by atoms with van der Waals surface area (Å²) in [5, 5.41) is 15.1. The lowest BCUT2D eigenvalue weighted by atomic mass is 10.1. The number of anilines is 1.